The van der Waals surface area contributed by atoms with Gasteiger partial charge in [-0.1, -0.05) is 194 Å². The zero-order chi connectivity index (χ0) is 37.1. The third-order valence-corrected chi connectivity index (χ3v) is 12.2. The Morgan fingerprint density at radius 1 is 0.393 bits per heavy atom. The molecule has 0 saturated heterocycles. The van der Waals surface area contributed by atoms with Crippen molar-refractivity contribution in [2.75, 3.05) is 4.90 Å². The number of allylic oxidation sites excluding steroid dienone is 2. The molecule has 3 aliphatic carbocycles. The normalized spacial score (nSPS) is 15.6. The van der Waals surface area contributed by atoms with Gasteiger partial charge in [0.25, 0.3) is 0 Å². The molecule has 0 heterocycles. The summed E-state index contributed by atoms with van der Waals surface area (Å²) in [5, 5.41) is 0. The fourth-order valence-electron chi connectivity index (χ4n) is 9.91. The maximum absolute atomic E-state index is 2.62. The van der Waals surface area contributed by atoms with E-state index in [2.05, 4.69) is 223 Å². The number of para-hydroxylation sites is 1. The van der Waals surface area contributed by atoms with E-state index in [1.807, 2.05) is 0 Å². The van der Waals surface area contributed by atoms with Crippen molar-refractivity contribution < 1.29 is 0 Å². The van der Waals surface area contributed by atoms with Gasteiger partial charge >= 0.3 is 0 Å². The van der Waals surface area contributed by atoms with Crippen LogP contribution in [-0.2, 0) is 5.41 Å². The van der Waals surface area contributed by atoms with Gasteiger partial charge < -0.3 is 4.90 Å². The van der Waals surface area contributed by atoms with E-state index in [0.717, 1.165) is 6.42 Å². The minimum Gasteiger partial charge on any atom is -0.334 e. The van der Waals surface area contributed by atoms with E-state index in [1.165, 1.54) is 89.3 Å². The lowest BCUT2D eigenvalue weighted by atomic mass is 9.69. The molecule has 1 nitrogen and oxygen atoms in total. The Morgan fingerprint density at radius 2 is 0.839 bits per heavy atom. The molecule has 0 aromatic heterocycles. The van der Waals surface area contributed by atoms with E-state index in [4.69, 9.17) is 0 Å². The lowest BCUT2D eigenvalue weighted by molar-refractivity contribution is 0.756. The molecular formula is C55H39N. The second-order valence-electron chi connectivity index (χ2n) is 15.2. The summed E-state index contributed by atoms with van der Waals surface area (Å²) >= 11 is 0. The molecule has 3 aliphatic rings. The van der Waals surface area contributed by atoms with Crippen LogP contribution in [-0.4, -0.2) is 6.04 Å². The van der Waals surface area contributed by atoms with Crippen molar-refractivity contribution in [1.82, 2.24) is 0 Å². The molecule has 1 heteroatoms. The topological polar surface area (TPSA) is 3.24 Å². The number of hydrogen-bond acceptors (Lipinski definition) is 1. The van der Waals surface area contributed by atoms with Crippen LogP contribution in [0.5, 0.6) is 0 Å². The van der Waals surface area contributed by atoms with Crippen LogP contribution in [0.1, 0.15) is 28.7 Å². The van der Waals surface area contributed by atoms with Crippen LogP contribution in [0.3, 0.4) is 0 Å². The number of anilines is 2. The van der Waals surface area contributed by atoms with Gasteiger partial charge in [0.15, 0.2) is 0 Å². The summed E-state index contributed by atoms with van der Waals surface area (Å²) in [6.45, 7) is 0. The molecule has 1 atom stereocenters. The minimum absolute atomic E-state index is 0.0448. The highest BCUT2D eigenvalue weighted by molar-refractivity contribution is 5.97. The highest BCUT2D eigenvalue weighted by Crippen LogP contribution is 2.63. The van der Waals surface area contributed by atoms with Crippen molar-refractivity contribution >= 4 is 16.9 Å². The van der Waals surface area contributed by atoms with E-state index in [-0.39, 0.29) is 11.5 Å². The van der Waals surface area contributed by atoms with Crippen LogP contribution in [0, 0.1) is 0 Å². The highest BCUT2D eigenvalue weighted by Gasteiger charge is 2.53. The standard InChI is InChI=1S/C55H39N/c1-4-18-38(19-5-1)41-34-42(39-20-6-2-7-21-39)36-44(35-41)56(54-31-17-13-24-45(54)40-22-8-3-9-23-40)43-32-33-53-49(37-43)48-27-12-16-30-52(48)55(53)50-28-14-10-25-46(50)47-26-11-15-29-51(47)55/h1-36,43H,37H2. The molecule has 8 aromatic rings. The van der Waals surface area contributed by atoms with Gasteiger partial charge in [-0.15, -0.1) is 0 Å². The summed E-state index contributed by atoms with van der Waals surface area (Å²) < 4.78 is 0. The second kappa shape index (κ2) is 13.1. The Balaban J connectivity index is 1.14. The van der Waals surface area contributed by atoms with Crippen LogP contribution >= 0.6 is 0 Å². The number of nitrogens with zero attached hydrogens (tertiary/aromatic N) is 1. The largest absolute Gasteiger partial charge is 0.334 e. The average Bonchev–Trinajstić information content (AvgIpc) is 3.75. The Kier molecular flexibility index (Phi) is 7.60. The van der Waals surface area contributed by atoms with Gasteiger partial charge in [-0.2, -0.15) is 0 Å². The molecule has 56 heavy (non-hydrogen) atoms. The number of hydrogen-bond donors (Lipinski definition) is 0. The maximum Gasteiger partial charge on any atom is 0.0722 e. The molecule has 1 unspecified atom stereocenters. The quantitative estimate of drug-likeness (QED) is 0.166. The summed E-state index contributed by atoms with van der Waals surface area (Å²) in [5.74, 6) is 0. The highest BCUT2D eigenvalue weighted by atomic mass is 15.2. The van der Waals surface area contributed by atoms with Crippen LogP contribution in [0.4, 0.5) is 11.4 Å². The number of fused-ring (bicyclic) bond motifs is 9. The predicted molar refractivity (Wildman–Crippen MR) is 234 cm³/mol. The Hall–Kier alpha value is -6.96. The van der Waals surface area contributed by atoms with Crippen LogP contribution < -0.4 is 4.90 Å². The summed E-state index contributed by atoms with van der Waals surface area (Å²) in [4.78, 5) is 2.62. The van der Waals surface area contributed by atoms with Crippen molar-refractivity contribution in [3.05, 3.63) is 246 Å². The van der Waals surface area contributed by atoms with E-state index >= 15 is 0 Å². The first kappa shape index (κ1) is 32.5. The first-order valence-corrected chi connectivity index (χ1v) is 19.7. The molecule has 264 valence electrons. The Morgan fingerprint density at radius 3 is 1.41 bits per heavy atom. The lowest BCUT2D eigenvalue weighted by Gasteiger charge is -2.38. The molecule has 0 bridgehead atoms. The third-order valence-electron chi connectivity index (χ3n) is 12.2. The van der Waals surface area contributed by atoms with E-state index in [9.17, 15) is 0 Å². The Labute approximate surface area is 329 Å². The fraction of sp³-hybridized carbons (Fsp3) is 0.0545. The minimum atomic E-state index is -0.346. The first-order chi connectivity index (χ1) is 27.8. The van der Waals surface area contributed by atoms with E-state index in [1.54, 1.807) is 0 Å². The van der Waals surface area contributed by atoms with Crippen molar-refractivity contribution in [2.45, 2.75) is 17.9 Å². The molecule has 0 aliphatic heterocycles. The summed E-state index contributed by atoms with van der Waals surface area (Å²) in [6, 6.07) is 76.0. The fourth-order valence-corrected chi connectivity index (χ4v) is 9.91. The van der Waals surface area contributed by atoms with E-state index in [0.29, 0.717) is 0 Å². The lowest BCUT2D eigenvalue weighted by Crippen LogP contribution is -2.33. The van der Waals surface area contributed by atoms with E-state index < -0.39 is 0 Å². The van der Waals surface area contributed by atoms with Gasteiger partial charge in [-0.25, -0.2) is 0 Å². The summed E-state index contributed by atoms with van der Waals surface area (Å²) in [6.07, 6.45) is 5.85. The number of benzene rings is 8. The summed E-state index contributed by atoms with van der Waals surface area (Å²) in [5.41, 5.74) is 20.3. The van der Waals surface area contributed by atoms with Gasteiger partial charge in [0.05, 0.1) is 11.5 Å². The average molecular weight is 714 g/mol. The molecular weight excluding hydrogens is 675 g/mol. The second-order valence-corrected chi connectivity index (χ2v) is 15.2. The monoisotopic (exact) mass is 713 g/mol. The van der Waals surface area contributed by atoms with Crippen molar-refractivity contribution in [3.63, 3.8) is 0 Å². The van der Waals surface area contributed by atoms with Crippen molar-refractivity contribution in [3.8, 4) is 44.5 Å². The van der Waals surface area contributed by atoms with Crippen molar-refractivity contribution in [2.24, 2.45) is 0 Å². The van der Waals surface area contributed by atoms with Gasteiger partial charge in [-0.3, -0.25) is 0 Å². The van der Waals surface area contributed by atoms with Crippen LogP contribution in [0.2, 0.25) is 0 Å². The third kappa shape index (κ3) is 4.94. The molecule has 8 aromatic carbocycles. The van der Waals surface area contributed by atoms with Crippen LogP contribution in [0.25, 0.3) is 50.1 Å². The predicted octanol–water partition coefficient (Wildman–Crippen LogP) is 13.9. The Bertz CT molecular complexity index is 2720. The molecule has 0 radical (unpaired) electrons. The zero-order valence-corrected chi connectivity index (χ0v) is 31.0. The summed E-state index contributed by atoms with van der Waals surface area (Å²) in [7, 11) is 0. The molecule has 1 spiro atoms. The van der Waals surface area contributed by atoms with Gasteiger partial charge in [0, 0.05) is 16.9 Å². The molecule has 0 fully saturated rings. The zero-order valence-electron chi connectivity index (χ0n) is 31.0. The maximum atomic E-state index is 2.62. The first-order valence-electron chi connectivity index (χ1n) is 19.7. The molecule has 0 amide bonds. The molecule has 0 saturated carbocycles. The SMILES string of the molecule is C1=CC(N(c2cc(-c3ccccc3)cc(-c3ccccc3)c2)c2ccccc2-c2ccccc2)CC2=C1C1(c3ccccc32)c2ccccc2-c2ccccc21. The number of rotatable bonds is 6. The van der Waals surface area contributed by atoms with Crippen molar-refractivity contribution in [1.29, 1.82) is 0 Å². The van der Waals surface area contributed by atoms with Crippen LogP contribution in [0.15, 0.2) is 224 Å². The van der Waals surface area contributed by atoms with Gasteiger partial charge in [0.1, 0.15) is 0 Å². The van der Waals surface area contributed by atoms with Gasteiger partial charge in [-0.05, 0) is 103 Å². The molecule has 0 N–H and O–H groups in total. The molecule has 11 rings (SSSR count). The smallest absolute Gasteiger partial charge is 0.0722 e. The van der Waals surface area contributed by atoms with Gasteiger partial charge in [0.2, 0.25) is 0 Å².